The van der Waals surface area contributed by atoms with Crippen molar-refractivity contribution in [3.8, 4) is 5.69 Å². The van der Waals surface area contributed by atoms with E-state index in [1.165, 1.54) is 22.4 Å². The molecule has 0 aliphatic carbocycles. The largest absolute Gasteiger partial charge is 0.444 e. The lowest BCUT2D eigenvalue weighted by Gasteiger charge is -2.20. The molecule has 7 nitrogen and oxygen atoms in total. The predicted molar refractivity (Wildman–Crippen MR) is 107 cm³/mol. The molecule has 8 heteroatoms. The van der Waals surface area contributed by atoms with Gasteiger partial charge in [0.25, 0.3) is 5.56 Å². The van der Waals surface area contributed by atoms with Crippen molar-refractivity contribution >= 4 is 34.6 Å². The van der Waals surface area contributed by atoms with Gasteiger partial charge in [-0.05, 0) is 51.3 Å². The van der Waals surface area contributed by atoms with Gasteiger partial charge in [-0.15, -0.1) is 0 Å². The van der Waals surface area contributed by atoms with Crippen LogP contribution in [-0.2, 0) is 4.74 Å². The number of nitrogens with one attached hydrogen (secondary N) is 1. The van der Waals surface area contributed by atoms with Gasteiger partial charge in [-0.1, -0.05) is 17.8 Å². The van der Waals surface area contributed by atoms with Gasteiger partial charge < -0.3 is 4.74 Å². The molecule has 0 aliphatic heterocycles. The third-order valence-electron chi connectivity index (χ3n) is 3.54. The number of carbonyl (C=O) groups is 1. The molecule has 0 atom stereocenters. The van der Waals surface area contributed by atoms with Crippen LogP contribution in [0.1, 0.15) is 20.8 Å². The van der Waals surface area contributed by atoms with Crippen LogP contribution >= 0.6 is 11.8 Å². The molecule has 140 valence electrons. The quantitative estimate of drug-likeness (QED) is 0.545. The Morgan fingerprint density at radius 3 is 2.70 bits per heavy atom. The van der Waals surface area contributed by atoms with Gasteiger partial charge in [0.2, 0.25) is 0 Å². The SMILES string of the molecule is CSc1ncc2ccc(=O)n(-c3cccc(NC(=O)OC(C)(C)C)c3)c2n1. The first kappa shape index (κ1) is 18.9. The number of nitrogens with zero attached hydrogens (tertiary/aromatic N) is 3. The Hall–Kier alpha value is -2.87. The summed E-state index contributed by atoms with van der Waals surface area (Å²) in [7, 11) is 0. The van der Waals surface area contributed by atoms with E-state index in [4.69, 9.17) is 4.74 Å². The van der Waals surface area contributed by atoms with Gasteiger partial charge in [0.05, 0.1) is 5.69 Å². The highest BCUT2D eigenvalue weighted by Crippen LogP contribution is 2.20. The zero-order chi connectivity index (χ0) is 19.6. The van der Waals surface area contributed by atoms with E-state index in [0.717, 1.165) is 5.39 Å². The topological polar surface area (TPSA) is 86.1 Å². The van der Waals surface area contributed by atoms with E-state index in [9.17, 15) is 9.59 Å². The number of hydrogen-bond acceptors (Lipinski definition) is 6. The molecule has 3 aromatic rings. The Labute approximate surface area is 160 Å². The minimum atomic E-state index is -0.598. The molecule has 0 unspecified atom stereocenters. The Morgan fingerprint density at radius 1 is 1.22 bits per heavy atom. The fourth-order valence-electron chi connectivity index (χ4n) is 2.50. The summed E-state index contributed by atoms with van der Waals surface area (Å²) >= 11 is 1.40. The Bertz CT molecular complexity index is 1060. The number of ether oxygens (including phenoxy) is 1. The molecule has 1 aromatic carbocycles. The Morgan fingerprint density at radius 2 is 2.00 bits per heavy atom. The van der Waals surface area contributed by atoms with Gasteiger partial charge in [0.1, 0.15) is 5.60 Å². The van der Waals surface area contributed by atoms with Crippen LogP contribution in [0.3, 0.4) is 0 Å². The molecular formula is C19H20N4O3S. The maximum Gasteiger partial charge on any atom is 0.412 e. The molecule has 1 N–H and O–H groups in total. The molecule has 27 heavy (non-hydrogen) atoms. The minimum Gasteiger partial charge on any atom is -0.444 e. The van der Waals surface area contributed by atoms with Crippen LogP contribution in [0.2, 0.25) is 0 Å². The highest BCUT2D eigenvalue weighted by atomic mass is 32.2. The third kappa shape index (κ3) is 4.46. The molecule has 2 heterocycles. The number of anilines is 1. The summed E-state index contributed by atoms with van der Waals surface area (Å²) in [6, 6.07) is 10.1. The Balaban J connectivity index is 2.03. The van der Waals surface area contributed by atoms with Crippen LogP contribution < -0.4 is 10.9 Å². The van der Waals surface area contributed by atoms with Crippen molar-refractivity contribution in [1.82, 2.24) is 14.5 Å². The summed E-state index contributed by atoms with van der Waals surface area (Å²) in [6.07, 6.45) is 3.00. The lowest BCUT2D eigenvalue weighted by molar-refractivity contribution is 0.0636. The Kier molecular flexibility index (Phi) is 5.18. The molecule has 2 aromatic heterocycles. The molecule has 0 fully saturated rings. The summed E-state index contributed by atoms with van der Waals surface area (Å²) in [4.78, 5) is 33.3. The predicted octanol–water partition coefficient (Wildman–Crippen LogP) is 3.85. The molecule has 0 saturated carbocycles. The third-order valence-corrected chi connectivity index (χ3v) is 4.11. The first-order valence-electron chi connectivity index (χ1n) is 8.30. The maximum absolute atomic E-state index is 12.5. The fraction of sp³-hybridized carbons (Fsp3) is 0.263. The van der Waals surface area contributed by atoms with E-state index < -0.39 is 11.7 Å². The number of benzene rings is 1. The second-order valence-electron chi connectivity index (χ2n) is 6.82. The second kappa shape index (κ2) is 7.40. The molecule has 3 rings (SSSR count). The molecule has 0 spiro atoms. The normalized spacial score (nSPS) is 11.4. The fourth-order valence-corrected chi connectivity index (χ4v) is 2.83. The zero-order valence-electron chi connectivity index (χ0n) is 15.5. The van der Waals surface area contributed by atoms with E-state index >= 15 is 0 Å². The molecule has 0 aliphatic rings. The molecule has 0 bridgehead atoms. The monoisotopic (exact) mass is 384 g/mol. The van der Waals surface area contributed by atoms with Crippen molar-refractivity contribution in [2.24, 2.45) is 0 Å². The van der Waals surface area contributed by atoms with E-state index in [1.54, 1.807) is 57.3 Å². The summed E-state index contributed by atoms with van der Waals surface area (Å²) in [5.74, 6) is 0. The smallest absolute Gasteiger partial charge is 0.412 e. The lowest BCUT2D eigenvalue weighted by Crippen LogP contribution is -2.27. The number of aromatic nitrogens is 3. The van der Waals surface area contributed by atoms with Gasteiger partial charge in [0, 0.05) is 23.3 Å². The van der Waals surface area contributed by atoms with Crippen LogP contribution in [-0.4, -0.2) is 32.5 Å². The van der Waals surface area contributed by atoms with Crippen molar-refractivity contribution in [2.75, 3.05) is 11.6 Å². The number of hydrogen-bond donors (Lipinski definition) is 1. The number of thioether (sulfide) groups is 1. The molecular weight excluding hydrogens is 364 g/mol. The van der Waals surface area contributed by atoms with E-state index in [0.29, 0.717) is 22.2 Å². The average molecular weight is 384 g/mol. The number of carbonyl (C=O) groups excluding carboxylic acids is 1. The van der Waals surface area contributed by atoms with Crippen molar-refractivity contribution in [3.05, 3.63) is 52.9 Å². The molecule has 1 amide bonds. The molecule has 0 saturated heterocycles. The van der Waals surface area contributed by atoms with Crippen molar-refractivity contribution in [1.29, 1.82) is 0 Å². The first-order valence-corrected chi connectivity index (χ1v) is 9.52. The highest BCUT2D eigenvalue weighted by molar-refractivity contribution is 7.98. The average Bonchev–Trinajstić information content (AvgIpc) is 2.59. The maximum atomic E-state index is 12.5. The number of pyridine rings is 1. The van der Waals surface area contributed by atoms with Crippen LogP contribution in [0.5, 0.6) is 0 Å². The second-order valence-corrected chi connectivity index (χ2v) is 7.59. The van der Waals surface area contributed by atoms with Crippen LogP contribution in [0.25, 0.3) is 16.7 Å². The van der Waals surface area contributed by atoms with Crippen LogP contribution in [0.4, 0.5) is 10.5 Å². The van der Waals surface area contributed by atoms with Crippen LogP contribution in [0, 0.1) is 0 Å². The summed E-state index contributed by atoms with van der Waals surface area (Å²) in [5, 5.41) is 4.01. The van der Waals surface area contributed by atoms with Gasteiger partial charge in [-0.3, -0.25) is 14.7 Å². The van der Waals surface area contributed by atoms with Crippen molar-refractivity contribution in [3.63, 3.8) is 0 Å². The standard InChI is InChI=1S/C19H20N4O3S/c1-19(2,3)26-18(25)21-13-6-5-7-14(10-13)23-15(24)9-8-12-11-20-17(27-4)22-16(12)23/h5-11H,1-4H3,(H,21,25). The number of amides is 1. The minimum absolute atomic E-state index is 0.220. The van der Waals surface area contributed by atoms with Crippen molar-refractivity contribution in [2.45, 2.75) is 31.5 Å². The van der Waals surface area contributed by atoms with Gasteiger partial charge in [-0.2, -0.15) is 0 Å². The zero-order valence-corrected chi connectivity index (χ0v) is 16.3. The first-order chi connectivity index (χ1) is 12.8. The van der Waals surface area contributed by atoms with E-state index in [2.05, 4.69) is 15.3 Å². The number of rotatable bonds is 3. The number of fused-ring (bicyclic) bond motifs is 1. The highest BCUT2D eigenvalue weighted by Gasteiger charge is 2.16. The van der Waals surface area contributed by atoms with Gasteiger partial charge in [0.15, 0.2) is 10.8 Å². The summed E-state index contributed by atoms with van der Waals surface area (Å²) in [6.45, 7) is 5.38. The van der Waals surface area contributed by atoms with Crippen molar-refractivity contribution < 1.29 is 9.53 Å². The van der Waals surface area contributed by atoms with E-state index in [-0.39, 0.29) is 5.56 Å². The van der Waals surface area contributed by atoms with E-state index in [1.807, 2.05) is 6.26 Å². The van der Waals surface area contributed by atoms with Gasteiger partial charge in [-0.25, -0.2) is 14.8 Å². The molecule has 0 radical (unpaired) electrons. The summed E-state index contributed by atoms with van der Waals surface area (Å²) in [5.41, 5.74) is 0.799. The van der Waals surface area contributed by atoms with Gasteiger partial charge >= 0.3 is 6.09 Å². The summed E-state index contributed by atoms with van der Waals surface area (Å²) < 4.78 is 6.77. The lowest BCUT2D eigenvalue weighted by atomic mass is 10.2. The van der Waals surface area contributed by atoms with Crippen LogP contribution in [0.15, 0.2) is 52.5 Å².